The molecule has 0 bridgehead atoms. The van der Waals surface area contributed by atoms with E-state index in [1.165, 1.54) is 0 Å². The van der Waals surface area contributed by atoms with Gasteiger partial charge in [-0.2, -0.15) is 13.2 Å². The van der Waals surface area contributed by atoms with Crippen LogP contribution >= 0.6 is 24.0 Å². The molecule has 1 unspecified atom stereocenters. The lowest BCUT2D eigenvalue weighted by Crippen LogP contribution is -2.37. The average Bonchev–Trinajstić information content (AvgIpc) is 2.88. The van der Waals surface area contributed by atoms with Crippen molar-refractivity contribution in [3.05, 3.63) is 28.8 Å². The third-order valence-corrected chi connectivity index (χ3v) is 4.99. The van der Waals surface area contributed by atoms with Gasteiger partial charge in [0.25, 0.3) is 0 Å². The zero-order valence-corrected chi connectivity index (χ0v) is 13.7. The molecule has 1 aliphatic heterocycles. The maximum atomic E-state index is 12.7. The van der Waals surface area contributed by atoms with Gasteiger partial charge < -0.3 is 5.32 Å². The van der Waals surface area contributed by atoms with E-state index in [4.69, 9.17) is 11.6 Å². The lowest BCUT2D eigenvalue weighted by Gasteiger charge is -2.14. The van der Waals surface area contributed by atoms with E-state index in [-0.39, 0.29) is 25.0 Å². The highest BCUT2D eigenvalue weighted by atomic mass is 35.5. The number of sulfonamides is 1. The second kappa shape index (κ2) is 7.35. The Bertz CT molecular complexity index is 617. The van der Waals surface area contributed by atoms with Gasteiger partial charge in [0, 0.05) is 12.6 Å². The number of benzene rings is 1. The first kappa shape index (κ1) is 19.5. The molecular weight excluding hydrogens is 364 g/mol. The summed E-state index contributed by atoms with van der Waals surface area (Å²) < 4.78 is 64.6. The summed E-state index contributed by atoms with van der Waals surface area (Å²) in [7, 11) is -4.00. The zero-order chi connectivity index (χ0) is 15.7. The van der Waals surface area contributed by atoms with E-state index in [1.54, 1.807) is 0 Å². The summed E-state index contributed by atoms with van der Waals surface area (Å²) in [6.07, 6.45) is -2.92. The van der Waals surface area contributed by atoms with Gasteiger partial charge in [-0.25, -0.2) is 13.1 Å². The Hall–Kier alpha value is -0.540. The summed E-state index contributed by atoms with van der Waals surface area (Å²) in [5.41, 5.74) is -1.16. The fourth-order valence-electron chi connectivity index (χ4n) is 2.11. The quantitative estimate of drug-likeness (QED) is 0.846. The normalized spacial score (nSPS) is 19.0. The zero-order valence-electron chi connectivity index (χ0n) is 11.3. The molecule has 1 atom stereocenters. The predicted octanol–water partition coefficient (Wildman–Crippen LogP) is 2.81. The summed E-state index contributed by atoms with van der Waals surface area (Å²) in [6, 6.07) is 2.55. The van der Waals surface area contributed by atoms with Crippen LogP contribution in [0.15, 0.2) is 23.1 Å². The number of hydrogen-bond donors (Lipinski definition) is 2. The Balaban J connectivity index is 0.00000242. The Labute approximate surface area is 137 Å². The van der Waals surface area contributed by atoms with Crippen LogP contribution in [0.5, 0.6) is 0 Å². The molecule has 4 nitrogen and oxygen atoms in total. The maximum absolute atomic E-state index is 12.7. The van der Waals surface area contributed by atoms with Crippen molar-refractivity contribution in [3.8, 4) is 0 Å². The standard InChI is InChI=1S/C12H14ClF3N2O2S.ClH/c13-11-4-3-9(6-10(11)12(14,15)16)21(19,20)18-7-8-2-1-5-17-8;/h3-4,6,8,17-18H,1-2,5,7H2;1H. The van der Waals surface area contributed by atoms with Crippen LogP contribution in [-0.4, -0.2) is 27.5 Å². The summed E-state index contributed by atoms with van der Waals surface area (Å²) in [6.45, 7) is 0.956. The highest BCUT2D eigenvalue weighted by Gasteiger charge is 2.34. The molecule has 0 aliphatic carbocycles. The van der Waals surface area contributed by atoms with Crippen molar-refractivity contribution in [1.29, 1.82) is 0 Å². The molecule has 1 aromatic carbocycles. The second-order valence-electron chi connectivity index (χ2n) is 4.78. The van der Waals surface area contributed by atoms with E-state index in [2.05, 4.69) is 10.0 Å². The molecule has 1 aromatic rings. The molecule has 1 aliphatic rings. The minimum Gasteiger partial charge on any atom is -0.313 e. The summed E-state index contributed by atoms with van der Waals surface area (Å²) in [5, 5.41) is 2.57. The first-order valence-electron chi connectivity index (χ1n) is 6.30. The topological polar surface area (TPSA) is 58.2 Å². The summed E-state index contributed by atoms with van der Waals surface area (Å²) in [5.74, 6) is 0. The minimum atomic E-state index is -4.70. The van der Waals surface area contributed by atoms with Crippen LogP contribution in [0, 0.1) is 0 Å². The second-order valence-corrected chi connectivity index (χ2v) is 6.96. The van der Waals surface area contributed by atoms with Crippen molar-refractivity contribution in [2.75, 3.05) is 13.1 Å². The molecule has 0 amide bonds. The minimum absolute atomic E-state index is 0. The molecule has 2 rings (SSSR count). The van der Waals surface area contributed by atoms with Gasteiger partial charge in [-0.3, -0.25) is 0 Å². The predicted molar refractivity (Wildman–Crippen MR) is 79.9 cm³/mol. The van der Waals surface area contributed by atoms with E-state index in [0.29, 0.717) is 6.07 Å². The van der Waals surface area contributed by atoms with Gasteiger partial charge in [0.1, 0.15) is 0 Å². The van der Waals surface area contributed by atoms with Crippen LogP contribution < -0.4 is 10.0 Å². The van der Waals surface area contributed by atoms with E-state index in [0.717, 1.165) is 31.5 Å². The van der Waals surface area contributed by atoms with Crippen LogP contribution in [0.3, 0.4) is 0 Å². The number of rotatable bonds is 4. The Kier molecular flexibility index (Phi) is 6.52. The van der Waals surface area contributed by atoms with Crippen LogP contribution in [0.25, 0.3) is 0 Å². The molecule has 0 spiro atoms. The first-order chi connectivity index (χ1) is 9.70. The molecule has 0 aromatic heterocycles. The maximum Gasteiger partial charge on any atom is 0.417 e. The van der Waals surface area contributed by atoms with Crippen LogP contribution in [0.2, 0.25) is 5.02 Å². The summed E-state index contributed by atoms with van der Waals surface area (Å²) in [4.78, 5) is -0.447. The highest BCUT2D eigenvalue weighted by Crippen LogP contribution is 2.35. The monoisotopic (exact) mass is 378 g/mol. The van der Waals surface area contributed by atoms with Gasteiger partial charge in [0.2, 0.25) is 10.0 Å². The largest absolute Gasteiger partial charge is 0.417 e. The number of hydrogen-bond acceptors (Lipinski definition) is 3. The molecule has 1 saturated heterocycles. The third kappa shape index (κ3) is 4.73. The average molecular weight is 379 g/mol. The third-order valence-electron chi connectivity index (χ3n) is 3.24. The fraction of sp³-hybridized carbons (Fsp3) is 0.500. The highest BCUT2D eigenvalue weighted by molar-refractivity contribution is 7.89. The molecule has 22 heavy (non-hydrogen) atoms. The number of halogens is 5. The molecule has 2 N–H and O–H groups in total. The van der Waals surface area contributed by atoms with Crippen molar-refractivity contribution in [1.82, 2.24) is 10.0 Å². The smallest absolute Gasteiger partial charge is 0.313 e. The first-order valence-corrected chi connectivity index (χ1v) is 8.16. The van der Waals surface area contributed by atoms with Crippen molar-refractivity contribution in [3.63, 3.8) is 0 Å². The van der Waals surface area contributed by atoms with Crippen molar-refractivity contribution < 1.29 is 21.6 Å². The van der Waals surface area contributed by atoms with E-state index >= 15 is 0 Å². The Morgan fingerprint density at radius 1 is 1.36 bits per heavy atom. The van der Waals surface area contributed by atoms with Gasteiger partial charge in [0.05, 0.1) is 15.5 Å². The Morgan fingerprint density at radius 2 is 2.05 bits per heavy atom. The van der Waals surface area contributed by atoms with Crippen molar-refractivity contribution >= 4 is 34.0 Å². The molecular formula is C12H15Cl2F3N2O2S. The number of nitrogens with one attached hydrogen (secondary N) is 2. The van der Waals surface area contributed by atoms with Gasteiger partial charge in [0.15, 0.2) is 0 Å². The van der Waals surface area contributed by atoms with E-state index < -0.39 is 31.7 Å². The lowest BCUT2D eigenvalue weighted by molar-refractivity contribution is -0.137. The lowest BCUT2D eigenvalue weighted by atomic mass is 10.2. The van der Waals surface area contributed by atoms with Gasteiger partial charge in [-0.1, -0.05) is 11.6 Å². The molecule has 1 fully saturated rings. The van der Waals surface area contributed by atoms with Gasteiger partial charge >= 0.3 is 6.18 Å². The number of alkyl halides is 3. The molecule has 0 saturated carbocycles. The van der Waals surface area contributed by atoms with E-state index in [9.17, 15) is 21.6 Å². The SMILES string of the molecule is Cl.O=S(=O)(NCC1CCCN1)c1ccc(Cl)c(C(F)(F)F)c1. The van der Waals surface area contributed by atoms with E-state index in [1.807, 2.05) is 0 Å². The molecule has 126 valence electrons. The van der Waals surface area contributed by atoms with Gasteiger partial charge in [-0.15, -0.1) is 12.4 Å². The fourth-order valence-corrected chi connectivity index (χ4v) is 3.45. The summed E-state index contributed by atoms with van der Waals surface area (Å²) >= 11 is 5.47. The van der Waals surface area contributed by atoms with Crippen molar-refractivity contribution in [2.45, 2.75) is 30.0 Å². The van der Waals surface area contributed by atoms with Crippen LogP contribution in [0.1, 0.15) is 18.4 Å². The molecule has 10 heteroatoms. The van der Waals surface area contributed by atoms with Gasteiger partial charge in [-0.05, 0) is 37.6 Å². The van der Waals surface area contributed by atoms with Crippen LogP contribution in [0.4, 0.5) is 13.2 Å². The molecule has 0 radical (unpaired) electrons. The Morgan fingerprint density at radius 3 is 2.59 bits per heavy atom. The molecule has 1 heterocycles. The van der Waals surface area contributed by atoms with Crippen LogP contribution in [-0.2, 0) is 16.2 Å². The van der Waals surface area contributed by atoms with Crippen molar-refractivity contribution in [2.24, 2.45) is 0 Å².